The van der Waals surface area contributed by atoms with E-state index in [0.717, 1.165) is 23.6 Å². The second-order valence-electron chi connectivity index (χ2n) is 5.21. The third-order valence-electron chi connectivity index (χ3n) is 3.21. The number of aromatic nitrogens is 2. The van der Waals surface area contributed by atoms with Crippen LogP contribution in [0.4, 0.5) is 5.82 Å². The Labute approximate surface area is 133 Å². The summed E-state index contributed by atoms with van der Waals surface area (Å²) in [6.45, 7) is 0.234. The molecule has 0 unspecified atom stereocenters. The molecule has 1 saturated carbocycles. The lowest BCUT2D eigenvalue weighted by Crippen LogP contribution is -2.31. The first kappa shape index (κ1) is 14.8. The van der Waals surface area contributed by atoms with Gasteiger partial charge < -0.3 is 10.6 Å². The van der Waals surface area contributed by atoms with Crippen LogP contribution in [-0.2, 0) is 10.5 Å². The van der Waals surface area contributed by atoms with Gasteiger partial charge in [0.2, 0.25) is 5.91 Å². The number of benzene rings is 1. The van der Waals surface area contributed by atoms with Crippen molar-refractivity contribution in [2.45, 2.75) is 29.7 Å². The highest BCUT2D eigenvalue weighted by molar-refractivity contribution is 7.98. The van der Waals surface area contributed by atoms with Gasteiger partial charge in [0.1, 0.15) is 10.8 Å². The summed E-state index contributed by atoms with van der Waals surface area (Å²) in [5.41, 5.74) is 1.25. The molecule has 1 aliphatic rings. The lowest BCUT2D eigenvalue weighted by molar-refractivity contribution is -0.119. The molecule has 1 aromatic carbocycles. The normalized spacial score (nSPS) is 13.6. The van der Waals surface area contributed by atoms with Crippen LogP contribution in [0.15, 0.2) is 47.8 Å². The van der Waals surface area contributed by atoms with E-state index < -0.39 is 0 Å². The molecule has 114 valence electrons. The second kappa shape index (κ2) is 7.26. The van der Waals surface area contributed by atoms with Crippen molar-refractivity contribution < 1.29 is 4.79 Å². The second-order valence-corrected chi connectivity index (χ2v) is 6.21. The highest BCUT2D eigenvalue weighted by Crippen LogP contribution is 2.21. The van der Waals surface area contributed by atoms with Crippen LogP contribution >= 0.6 is 11.8 Å². The summed E-state index contributed by atoms with van der Waals surface area (Å²) in [6.07, 6.45) is 5.56. The van der Waals surface area contributed by atoms with Crippen LogP contribution in [0.1, 0.15) is 18.4 Å². The van der Waals surface area contributed by atoms with E-state index in [9.17, 15) is 4.79 Å². The molecule has 1 aliphatic carbocycles. The Balaban J connectivity index is 1.49. The number of nitrogens with zero attached hydrogens (tertiary/aromatic N) is 2. The van der Waals surface area contributed by atoms with Gasteiger partial charge in [0, 0.05) is 11.8 Å². The Hall–Kier alpha value is -2.08. The van der Waals surface area contributed by atoms with E-state index in [-0.39, 0.29) is 12.5 Å². The van der Waals surface area contributed by atoms with E-state index in [4.69, 9.17) is 0 Å². The molecule has 0 saturated heterocycles. The highest BCUT2D eigenvalue weighted by Gasteiger charge is 2.22. The van der Waals surface area contributed by atoms with Crippen molar-refractivity contribution in [3.05, 3.63) is 48.3 Å². The molecule has 0 spiro atoms. The summed E-state index contributed by atoms with van der Waals surface area (Å²) in [7, 11) is 0. The maximum absolute atomic E-state index is 11.6. The maximum atomic E-state index is 11.6. The molecule has 2 aromatic rings. The minimum Gasteiger partial charge on any atom is -0.360 e. The fourth-order valence-corrected chi connectivity index (χ4v) is 2.72. The van der Waals surface area contributed by atoms with Crippen molar-refractivity contribution in [1.29, 1.82) is 0 Å². The Kier molecular flexibility index (Phi) is 4.90. The lowest BCUT2D eigenvalue weighted by Gasteiger charge is -2.07. The molecule has 1 amide bonds. The average molecular weight is 314 g/mol. The van der Waals surface area contributed by atoms with Gasteiger partial charge in [-0.2, -0.15) is 0 Å². The fourth-order valence-electron chi connectivity index (χ4n) is 1.91. The Morgan fingerprint density at radius 2 is 2.05 bits per heavy atom. The molecule has 1 aromatic heterocycles. The van der Waals surface area contributed by atoms with E-state index in [1.54, 1.807) is 24.2 Å². The number of carbonyl (C=O) groups excluding carboxylic acids is 1. The Bertz CT molecular complexity index is 631. The largest absolute Gasteiger partial charge is 0.360 e. The smallest absolute Gasteiger partial charge is 0.239 e. The molecule has 0 aliphatic heterocycles. The number of anilines is 1. The zero-order valence-corrected chi connectivity index (χ0v) is 13.0. The van der Waals surface area contributed by atoms with Gasteiger partial charge >= 0.3 is 0 Å². The van der Waals surface area contributed by atoms with Gasteiger partial charge in [0.25, 0.3) is 0 Å². The monoisotopic (exact) mass is 314 g/mol. The average Bonchev–Trinajstić information content (AvgIpc) is 3.36. The molecular formula is C16H18N4OS. The van der Waals surface area contributed by atoms with Gasteiger partial charge in [-0.25, -0.2) is 4.98 Å². The highest BCUT2D eigenvalue weighted by atomic mass is 32.2. The van der Waals surface area contributed by atoms with Crippen LogP contribution in [-0.4, -0.2) is 28.5 Å². The molecule has 0 bridgehead atoms. The van der Waals surface area contributed by atoms with E-state index in [2.05, 4.69) is 32.7 Å². The van der Waals surface area contributed by atoms with Gasteiger partial charge in [-0.3, -0.25) is 9.78 Å². The topological polar surface area (TPSA) is 66.9 Å². The van der Waals surface area contributed by atoms with Crippen LogP contribution in [0.25, 0.3) is 0 Å². The molecule has 5 nitrogen and oxygen atoms in total. The minimum atomic E-state index is 0.00615. The summed E-state index contributed by atoms with van der Waals surface area (Å²) in [4.78, 5) is 20.3. The Morgan fingerprint density at radius 1 is 1.23 bits per heavy atom. The molecule has 6 heteroatoms. The van der Waals surface area contributed by atoms with Gasteiger partial charge in [0.05, 0.1) is 18.9 Å². The molecule has 0 radical (unpaired) electrons. The van der Waals surface area contributed by atoms with Crippen molar-refractivity contribution in [3.8, 4) is 0 Å². The number of rotatable bonds is 7. The number of hydrogen-bond acceptors (Lipinski definition) is 5. The molecular weight excluding hydrogens is 296 g/mol. The quantitative estimate of drug-likeness (QED) is 0.769. The number of hydrogen-bond donors (Lipinski definition) is 2. The van der Waals surface area contributed by atoms with Gasteiger partial charge in [0.15, 0.2) is 0 Å². The third kappa shape index (κ3) is 4.73. The number of amides is 1. The van der Waals surface area contributed by atoms with Crippen molar-refractivity contribution in [2.75, 3.05) is 11.9 Å². The van der Waals surface area contributed by atoms with Crippen LogP contribution in [0.5, 0.6) is 0 Å². The van der Waals surface area contributed by atoms with E-state index in [0.29, 0.717) is 11.9 Å². The van der Waals surface area contributed by atoms with Crippen molar-refractivity contribution >= 4 is 23.5 Å². The van der Waals surface area contributed by atoms with Crippen molar-refractivity contribution in [2.24, 2.45) is 0 Å². The number of nitrogens with one attached hydrogen (secondary N) is 2. The third-order valence-corrected chi connectivity index (χ3v) is 4.18. The summed E-state index contributed by atoms with van der Waals surface area (Å²) < 4.78 is 0. The van der Waals surface area contributed by atoms with Crippen molar-refractivity contribution in [3.63, 3.8) is 0 Å². The summed E-state index contributed by atoms with van der Waals surface area (Å²) in [5.74, 6) is 1.48. The van der Waals surface area contributed by atoms with Crippen LogP contribution in [0.3, 0.4) is 0 Å². The lowest BCUT2D eigenvalue weighted by atomic mass is 10.2. The summed E-state index contributed by atoms with van der Waals surface area (Å²) >= 11 is 1.63. The summed E-state index contributed by atoms with van der Waals surface area (Å²) in [6, 6.07) is 10.6. The predicted octanol–water partition coefficient (Wildman–Crippen LogP) is 2.46. The van der Waals surface area contributed by atoms with Gasteiger partial charge in [-0.15, -0.1) is 11.8 Å². The predicted molar refractivity (Wildman–Crippen MR) is 87.7 cm³/mol. The first-order valence-corrected chi connectivity index (χ1v) is 8.30. The standard InChI is InChI=1S/C16H18N4OS/c21-15(19-13-6-7-13)9-18-14-8-17-10-16(20-14)22-11-12-4-2-1-3-5-12/h1-5,8,10,13H,6-7,9,11H2,(H,18,20)(H,19,21). The fraction of sp³-hybridized carbons (Fsp3) is 0.312. The summed E-state index contributed by atoms with van der Waals surface area (Å²) in [5, 5.41) is 6.79. The minimum absolute atomic E-state index is 0.00615. The van der Waals surface area contributed by atoms with E-state index in [1.807, 2.05) is 18.2 Å². The zero-order valence-electron chi connectivity index (χ0n) is 12.2. The molecule has 22 heavy (non-hydrogen) atoms. The maximum Gasteiger partial charge on any atom is 0.239 e. The van der Waals surface area contributed by atoms with Crippen LogP contribution < -0.4 is 10.6 Å². The van der Waals surface area contributed by atoms with Gasteiger partial charge in [-0.1, -0.05) is 30.3 Å². The molecule has 1 heterocycles. The SMILES string of the molecule is O=C(CNc1cncc(SCc2ccccc2)n1)NC1CC1. The van der Waals surface area contributed by atoms with Gasteiger partial charge in [-0.05, 0) is 18.4 Å². The zero-order chi connectivity index (χ0) is 15.2. The molecule has 1 fully saturated rings. The van der Waals surface area contributed by atoms with E-state index >= 15 is 0 Å². The number of thioether (sulfide) groups is 1. The number of carbonyl (C=O) groups is 1. The van der Waals surface area contributed by atoms with Crippen LogP contribution in [0.2, 0.25) is 0 Å². The first-order valence-electron chi connectivity index (χ1n) is 7.31. The Morgan fingerprint density at radius 3 is 2.82 bits per heavy atom. The van der Waals surface area contributed by atoms with Crippen LogP contribution in [0, 0.1) is 0 Å². The molecule has 3 rings (SSSR count). The van der Waals surface area contributed by atoms with Crippen molar-refractivity contribution in [1.82, 2.24) is 15.3 Å². The molecule has 2 N–H and O–H groups in total. The first-order chi connectivity index (χ1) is 10.8. The van der Waals surface area contributed by atoms with E-state index in [1.165, 1.54) is 5.56 Å². The molecule has 0 atom stereocenters.